The van der Waals surface area contributed by atoms with Crippen LogP contribution in [0, 0.1) is 0 Å². The van der Waals surface area contributed by atoms with Crippen LogP contribution in [0.25, 0.3) is 11.0 Å². The number of rotatable bonds is 3. The van der Waals surface area contributed by atoms with Crippen LogP contribution in [0.5, 0.6) is 0 Å². The Balaban J connectivity index is 1.98. The van der Waals surface area contributed by atoms with E-state index in [9.17, 15) is 4.79 Å². The van der Waals surface area contributed by atoms with Crippen molar-refractivity contribution in [3.8, 4) is 0 Å². The molecule has 0 spiro atoms. The first-order valence-corrected chi connectivity index (χ1v) is 7.95. The summed E-state index contributed by atoms with van der Waals surface area (Å²) in [6.45, 7) is 4.37. The third-order valence-corrected chi connectivity index (χ3v) is 4.56. The van der Waals surface area contributed by atoms with Crippen LogP contribution in [0.4, 0.5) is 10.5 Å². The smallest absolute Gasteiger partial charge is 0.407 e. The minimum absolute atomic E-state index is 0.118. The highest BCUT2D eigenvalue weighted by Gasteiger charge is 2.24. The average molecular weight is 317 g/mol. The van der Waals surface area contributed by atoms with Crippen LogP contribution in [-0.4, -0.2) is 51.8 Å². The Bertz CT molecular complexity index is 719. The Morgan fingerprint density at radius 2 is 2.09 bits per heavy atom. The van der Waals surface area contributed by atoms with Crippen molar-refractivity contribution < 1.29 is 9.90 Å². The zero-order chi connectivity index (χ0) is 16.6. The maximum absolute atomic E-state index is 11.1. The van der Waals surface area contributed by atoms with E-state index in [0.29, 0.717) is 26.2 Å². The number of aryl methyl sites for hydroxylation is 1. The van der Waals surface area contributed by atoms with Crippen molar-refractivity contribution >= 4 is 22.8 Å². The number of nitrogens with zero attached hydrogens (tertiary/aromatic N) is 4. The van der Waals surface area contributed by atoms with Gasteiger partial charge in [-0.05, 0) is 18.6 Å². The number of nitrogens with two attached hydrogens (primary N) is 1. The van der Waals surface area contributed by atoms with Gasteiger partial charge in [-0.1, -0.05) is 6.92 Å². The van der Waals surface area contributed by atoms with Gasteiger partial charge < -0.3 is 25.2 Å². The molecule has 0 aromatic carbocycles. The fourth-order valence-corrected chi connectivity index (χ4v) is 3.05. The quantitative estimate of drug-likeness (QED) is 0.901. The number of pyridine rings is 1. The monoisotopic (exact) mass is 317 g/mol. The zero-order valence-corrected chi connectivity index (χ0v) is 13.6. The molecule has 23 heavy (non-hydrogen) atoms. The summed E-state index contributed by atoms with van der Waals surface area (Å²) in [7, 11) is 2.00. The Kier molecular flexibility index (Phi) is 4.12. The van der Waals surface area contributed by atoms with Crippen LogP contribution in [0.3, 0.4) is 0 Å². The van der Waals surface area contributed by atoms with Gasteiger partial charge in [-0.3, -0.25) is 0 Å². The number of piperazine rings is 1. The van der Waals surface area contributed by atoms with Gasteiger partial charge in [0.15, 0.2) is 0 Å². The van der Waals surface area contributed by atoms with E-state index in [1.54, 1.807) is 0 Å². The fourth-order valence-electron chi connectivity index (χ4n) is 3.05. The van der Waals surface area contributed by atoms with Gasteiger partial charge in [0.1, 0.15) is 0 Å². The molecule has 1 aliphatic rings. The highest BCUT2D eigenvalue weighted by atomic mass is 16.4. The van der Waals surface area contributed by atoms with Crippen molar-refractivity contribution in [3.05, 3.63) is 24.0 Å². The maximum Gasteiger partial charge on any atom is 0.407 e. The molecule has 3 N–H and O–H groups in total. The number of hydrogen-bond donors (Lipinski definition) is 2. The van der Waals surface area contributed by atoms with E-state index in [0.717, 1.165) is 28.8 Å². The predicted molar refractivity (Wildman–Crippen MR) is 89.7 cm³/mol. The molecule has 124 valence electrons. The van der Waals surface area contributed by atoms with Crippen LogP contribution in [0.2, 0.25) is 0 Å². The number of carbonyl (C=O) groups is 1. The van der Waals surface area contributed by atoms with Crippen LogP contribution in [-0.2, 0) is 7.05 Å². The topological polar surface area (TPSA) is 87.6 Å². The molecule has 2 aromatic heterocycles. The van der Waals surface area contributed by atoms with E-state index in [4.69, 9.17) is 15.8 Å². The summed E-state index contributed by atoms with van der Waals surface area (Å²) in [5.41, 5.74) is 10.2. The molecule has 1 aliphatic heterocycles. The molecule has 7 heteroatoms. The first kappa shape index (κ1) is 15.6. The first-order valence-electron chi connectivity index (χ1n) is 7.95. The molecule has 7 nitrogen and oxygen atoms in total. The van der Waals surface area contributed by atoms with Gasteiger partial charge in [-0.15, -0.1) is 0 Å². The van der Waals surface area contributed by atoms with Gasteiger partial charge >= 0.3 is 6.09 Å². The van der Waals surface area contributed by atoms with Gasteiger partial charge in [0.25, 0.3) is 0 Å². The third kappa shape index (κ3) is 2.84. The minimum atomic E-state index is -0.855. The largest absolute Gasteiger partial charge is 0.465 e. The number of carboxylic acid groups (broad SMARTS) is 1. The molecule has 1 fully saturated rings. The third-order valence-electron chi connectivity index (χ3n) is 4.56. The second kappa shape index (κ2) is 6.08. The Labute approximate surface area is 135 Å². The van der Waals surface area contributed by atoms with Gasteiger partial charge in [-0.25, -0.2) is 9.78 Å². The fraction of sp³-hybridized carbons (Fsp3) is 0.500. The number of fused-ring (bicyclic) bond motifs is 1. The summed E-state index contributed by atoms with van der Waals surface area (Å²) < 4.78 is 2.04. The van der Waals surface area contributed by atoms with Gasteiger partial charge in [0.2, 0.25) is 0 Å². The van der Waals surface area contributed by atoms with Crippen molar-refractivity contribution in [3.63, 3.8) is 0 Å². The lowest BCUT2D eigenvalue weighted by Gasteiger charge is -2.36. The normalized spacial score (nSPS) is 16.8. The van der Waals surface area contributed by atoms with Crippen molar-refractivity contribution in [2.45, 2.75) is 19.4 Å². The molecule has 3 rings (SSSR count). The summed E-state index contributed by atoms with van der Waals surface area (Å²) in [5.74, 6) is 0. The van der Waals surface area contributed by atoms with Gasteiger partial charge in [0.05, 0.1) is 22.4 Å². The maximum atomic E-state index is 11.1. The summed E-state index contributed by atoms with van der Waals surface area (Å²) >= 11 is 0. The molecule has 0 saturated carbocycles. The second-order valence-electron chi connectivity index (χ2n) is 6.00. The SMILES string of the molecule is CCC(N)c1nc2ccn(C)c2cc1N1CCN(C(=O)O)CC1. The van der Waals surface area contributed by atoms with Crippen molar-refractivity contribution in [1.82, 2.24) is 14.5 Å². The summed E-state index contributed by atoms with van der Waals surface area (Å²) in [6, 6.07) is 4.00. The van der Waals surface area contributed by atoms with E-state index >= 15 is 0 Å². The van der Waals surface area contributed by atoms with E-state index in [-0.39, 0.29) is 6.04 Å². The van der Waals surface area contributed by atoms with Crippen molar-refractivity contribution in [2.75, 3.05) is 31.1 Å². The molecule has 1 atom stereocenters. The van der Waals surface area contributed by atoms with Gasteiger partial charge in [-0.2, -0.15) is 0 Å². The van der Waals surface area contributed by atoms with Crippen LogP contribution >= 0.6 is 0 Å². The number of anilines is 1. The molecule has 0 aliphatic carbocycles. The van der Waals surface area contributed by atoms with Crippen LogP contribution < -0.4 is 10.6 Å². The molecule has 3 heterocycles. The number of aromatic nitrogens is 2. The molecule has 0 radical (unpaired) electrons. The van der Waals surface area contributed by atoms with E-state index in [1.165, 1.54) is 4.90 Å². The first-order chi connectivity index (χ1) is 11.0. The molecular formula is C16H23N5O2. The summed E-state index contributed by atoms with van der Waals surface area (Å²) in [5, 5.41) is 9.10. The lowest BCUT2D eigenvalue weighted by molar-refractivity contribution is 0.142. The summed E-state index contributed by atoms with van der Waals surface area (Å²) in [4.78, 5) is 19.5. The Hall–Kier alpha value is -2.28. The van der Waals surface area contributed by atoms with Gasteiger partial charge in [0, 0.05) is 45.5 Å². The van der Waals surface area contributed by atoms with E-state index in [2.05, 4.69) is 11.0 Å². The van der Waals surface area contributed by atoms with Crippen LogP contribution in [0.15, 0.2) is 18.3 Å². The van der Waals surface area contributed by atoms with Crippen LogP contribution in [0.1, 0.15) is 25.1 Å². The Morgan fingerprint density at radius 3 is 2.70 bits per heavy atom. The van der Waals surface area contributed by atoms with Crippen molar-refractivity contribution in [2.24, 2.45) is 12.8 Å². The van der Waals surface area contributed by atoms with Crippen molar-refractivity contribution in [1.29, 1.82) is 0 Å². The zero-order valence-electron chi connectivity index (χ0n) is 13.6. The standard InChI is InChI=1S/C16H23N5O2/c1-3-11(17)15-14(10-13-12(18-15)4-5-19(13)2)20-6-8-21(9-7-20)16(22)23/h4-5,10-11H,3,6-9,17H2,1-2H3,(H,22,23). The van der Waals surface area contributed by atoms with E-state index in [1.807, 2.05) is 30.8 Å². The minimum Gasteiger partial charge on any atom is -0.465 e. The molecule has 1 saturated heterocycles. The predicted octanol–water partition coefficient (Wildman–Crippen LogP) is 1.78. The summed E-state index contributed by atoms with van der Waals surface area (Å²) in [6.07, 6.45) is 1.95. The number of hydrogen-bond acceptors (Lipinski definition) is 4. The highest BCUT2D eigenvalue weighted by molar-refractivity contribution is 5.81. The number of amides is 1. The molecule has 1 unspecified atom stereocenters. The highest BCUT2D eigenvalue weighted by Crippen LogP contribution is 2.30. The second-order valence-corrected chi connectivity index (χ2v) is 6.00. The molecule has 0 bridgehead atoms. The lowest BCUT2D eigenvalue weighted by Crippen LogP contribution is -2.48. The molecule has 2 aromatic rings. The molecular weight excluding hydrogens is 294 g/mol. The average Bonchev–Trinajstić information content (AvgIpc) is 2.93. The lowest BCUT2D eigenvalue weighted by atomic mass is 10.1. The van der Waals surface area contributed by atoms with E-state index < -0.39 is 6.09 Å². The Morgan fingerprint density at radius 1 is 1.39 bits per heavy atom. The molecule has 1 amide bonds.